The van der Waals surface area contributed by atoms with E-state index in [2.05, 4.69) is 15.0 Å². The number of rotatable bonds is 5. The Bertz CT molecular complexity index is 612. The number of carbonyl (C=O) groups is 1. The van der Waals surface area contributed by atoms with Crippen LogP contribution in [0.15, 0.2) is 11.5 Å². The summed E-state index contributed by atoms with van der Waals surface area (Å²) in [6.45, 7) is 0. The number of hydrogen-bond acceptors (Lipinski definition) is 7. The van der Waals surface area contributed by atoms with Crippen LogP contribution in [0.4, 0.5) is 0 Å². The van der Waals surface area contributed by atoms with Crippen LogP contribution in [0.2, 0.25) is 0 Å². The molecule has 0 fully saturated rings. The van der Waals surface area contributed by atoms with Crippen molar-refractivity contribution in [2.24, 2.45) is 0 Å². The van der Waals surface area contributed by atoms with Crippen LogP contribution in [0.5, 0.6) is 5.88 Å². The number of methoxy groups -OCH3 is 1. The average Bonchev–Trinajstić information content (AvgIpc) is 2.74. The van der Waals surface area contributed by atoms with E-state index < -0.39 is 5.97 Å². The number of imidazole rings is 1. The molecule has 0 atom stereocenters. The summed E-state index contributed by atoms with van der Waals surface area (Å²) in [4.78, 5) is 23.2. The lowest BCUT2D eigenvalue weighted by Gasteiger charge is -2.16. The Morgan fingerprint density at radius 1 is 1.53 bits per heavy atom. The van der Waals surface area contributed by atoms with E-state index in [0.717, 1.165) is 11.8 Å². The van der Waals surface area contributed by atoms with Gasteiger partial charge in [0.2, 0.25) is 5.88 Å². The zero-order valence-corrected chi connectivity index (χ0v) is 11.5. The molecule has 0 aliphatic heterocycles. The fourth-order valence-corrected chi connectivity index (χ4v) is 2.35. The van der Waals surface area contributed by atoms with Gasteiger partial charge in [-0.3, -0.25) is 4.79 Å². The Morgan fingerprint density at radius 2 is 2.26 bits per heavy atom. The minimum atomic E-state index is -0.902. The van der Waals surface area contributed by atoms with Crippen molar-refractivity contribution in [3.63, 3.8) is 0 Å². The molecular formula is C10H13N5O3S. The van der Waals surface area contributed by atoms with E-state index in [1.807, 2.05) is 14.1 Å². The normalized spacial score (nSPS) is 10.7. The fourth-order valence-electron chi connectivity index (χ4n) is 1.57. The number of nitrogens with zero attached hydrogens (tertiary/aromatic N) is 5. The van der Waals surface area contributed by atoms with Gasteiger partial charge >= 0.3 is 5.97 Å². The fraction of sp³-hybridized carbons (Fsp3) is 0.400. The number of carboxylic acid groups (broad SMARTS) is 1. The molecule has 8 nitrogen and oxygen atoms in total. The third-order valence-electron chi connectivity index (χ3n) is 2.28. The summed E-state index contributed by atoms with van der Waals surface area (Å²) >= 11 is 1.12. The number of carboxylic acids is 1. The highest BCUT2D eigenvalue weighted by atomic mass is 32.2. The Balaban J connectivity index is 2.56. The van der Waals surface area contributed by atoms with Gasteiger partial charge in [-0.1, -0.05) is 11.8 Å². The molecular weight excluding hydrogens is 270 g/mol. The van der Waals surface area contributed by atoms with Gasteiger partial charge in [0.05, 0.1) is 12.9 Å². The second kappa shape index (κ2) is 5.31. The molecule has 0 spiro atoms. The lowest BCUT2D eigenvalue weighted by Crippen LogP contribution is -2.26. The lowest BCUT2D eigenvalue weighted by molar-refractivity contribution is -0.133. The quantitative estimate of drug-likeness (QED) is 0.778. The maximum Gasteiger partial charge on any atom is 0.313 e. The molecule has 1 N–H and O–H groups in total. The standard InChI is InChI=1S/C10H13N5O3S/c1-14(2)15-8-7(9(18-3)12-5-11-8)13-10(15)19-4-6(16)17/h5H,4H2,1-3H3,(H,16,17). The van der Waals surface area contributed by atoms with E-state index in [-0.39, 0.29) is 5.75 Å². The molecule has 2 aromatic heterocycles. The summed E-state index contributed by atoms with van der Waals surface area (Å²) in [5.74, 6) is -0.615. The van der Waals surface area contributed by atoms with Crippen LogP contribution < -0.4 is 9.75 Å². The third-order valence-corrected chi connectivity index (χ3v) is 3.19. The van der Waals surface area contributed by atoms with Crippen molar-refractivity contribution in [1.29, 1.82) is 0 Å². The minimum absolute atomic E-state index is 0.0765. The van der Waals surface area contributed by atoms with Crippen LogP contribution in [0.25, 0.3) is 11.2 Å². The lowest BCUT2D eigenvalue weighted by atomic mass is 10.5. The maximum absolute atomic E-state index is 10.7. The summed E-state index contributed by atoms with van der Waals surface area (Å²) in [7, 11) is 5.14. The zero-order chi connectivity index (χ0) is 14.0. The van der Waals surface area contributed by atoms with Crippen LogP contribution in [0, 0.1) is 0 Å². The van der Waals surface area contributed by atoms with Gasteiger partial charge in [-0.05, 0) is 0 Å². The van der Waals surface area contributed by atoms with Crippen LogP contribution in [0.3, 0.4) is 0 Å². The minimum Gasteiger partial charge on any atom is -0.481 e. The molecule has 2 heterocycles. The van der Waals surface area contributed by atoms with E-state index in [1.54, 1.807) is 9.69 Å². The van der Waals surface area contributed by atoms with Crippen molar-refractivity contribution < 1.29 is 14.6 Å². The van der Waals surface area contributed by atoms with E-state index >= 15 is 0 Å². The van der Waals surface area contributed by atoms with Gasteiger partial charge in [-0.2, -0.15) is 4.98 Å². The number of aliphatic carboxylic acids is 1. The monoisotopic (exact) mass is 283 g/mol. The van der Waals surface area contributed by atoms with Gasteiger partial charge in [-0.25, -0.2) is 14.6 Å². The van der Waals surface area contributed by atoms with E-state index in [1.165, 1.54) is 13.4 Å². The van der Waals surface area contributed by atoms with Gasteiger partial charge in [0.1, 0.15) is 6.33 Å². The average molecular weight is 283 g/mol. The van der Waals surface area contributed by atoms with E-state index in [4.69, 9.17) is 9.84 Å². The summed E-state index contributed by atoms with van der Waals surface area (Å²) in [6.07, 6.45) is 1.38. The SMILES string of the molecule is COc1ncnc2c1nc(SCC(=O)O)n2N(C)C. The van der Waals surface area contributed by atoms with Gasteiger partial charge in [-0.15, -0.1) is 0 Å². The van der Waals surface area contributed by atoms with Crippen LogP contribution >= 0.6 is 11.8 Å². The third kappa shape index (κ3) is 2.55. The van der Waals surface area contributed by atoms with Gasteiger partial charge in [0.25, 0.3) is 0 Å². The first-order chi connectivity index (χ1) is 9.04. The van der Waals surface area contributed by atoms with Crippen LogP contribution in [0.1, 0.15) is 0 Å². The molecule has 0 aliphatic carbocycles. The van der Waals surface area contributed by atoms with Crippen LogP contribution in [-0.4, -0.2) is 57.7 Å². The predicted octanol–water partition coefficient (Wildman–Crippen LogP) is 0.209. The molecule has 2 rings (SSSR count). The molecule has 0 aromatic carbocycles. The summed E-state index contributed by atoms with van der Waals surface area (Å²) in [6, 6.07) is 0. The molecule has 0 aliphatic rings. The first kappa shape index (κ1) is 13.4. The molecule has 102 valence electrons. The highest BCUT2D eigenvalue weighted by Gasteiger charge is 2.18. The molecule has 0 radical (unpaired) electrons. The van der Waals surface area contributed by atoms with Gasteiger partial charge in [0, 0.05) is 14.1 Å². The number of hydrogen-bond donors (Lipinski definition) is 1. The number of aromatic nitrogens is 4. The van der Waals surface area contributed by atoms with Crippen molar-refractivity contribution >= 4 is 28.9 Å². The van der Waals surface area contributed by atoms with Crippen molar-refractivity contribution in [3.05, 3.63) is 6.33 Å². The maximum atomic E-state index is 10.7. The smallest absolute Gasteiger partial charge is 0.313 e. The second-order valence-electron chi connectivity index (χ2n) is 3.79. The topological polar surface area (TPSA) is 93.4 Å². The van der Waals surface area contributed by atoms with E-state index in [0.29, 0.717) is 22.2 Å². The van der Waals surface area contributed by atoms with Gasteiger partial charge < -0.3 is 14.9 Å². The summed E-state index contributed by atoms with van der Waals surface area (Å²) in [5.41, 5.74) is 1.08. The Kier molecular flexibility index (Phi) is 3.74. The predicted molar refractivity (Wildman–Crippen MR) is 70.3 cm³/mol. The Morgan fingerprint density at radius 3 is 2.84 bits per heavy atom. The molecule has 0 amide bonds. The number of ether oxygens (including phenoxy) is 1. The second-order valence-corrected chi connectivity index (χ2v) is 4.73. The van der Waals surface area contributed by atoms with Crippen molar-refractivity contribution in [3.8, 4) is 5.88 Å². The Hall–Kier alpha value is -2.03. The highest BCUT2D eigenvalue weighted by Crippen LogP contribution is 2.26. The molecule has 0 saturated heterocycles. The highest BCUT2D eigenvalue weighted by molar-refractivity contribution is 7.99. The Labute approximate surface area is 113 Å². The van der Waals surface area contributed by atoms with Crippen molar-refractivity contribution in [2.75, 3.05) is 32.0 Å². The van der Waals surface area contributed by atoms with Crippen molar-refractivity contribution in [2.45, 2.75) is 5.16 Å². The molecule has 0 bridgehead atoms. The van der Waals surface area contributed by atoms with Crippen molar-refractivity contribution in [1.82, 2.24) is 19.6 Å². The molecule has 9 heteroatoms. The van der Waals surface area contributed by atoms with Crippen LogP contribution in [-0.2, 0) is 4.79 Å². The molecule has 0 unspecified atom stereocenters. The molecule has 2 aromatic rings. The van der Waals surface area contributed by atoms with E-state index in [9.17, 15) is 4.79 Å². The van der Waals surface area contributed by atoms with Gasteiger partial charge in [0.15, 0.2) is 16.3 Å². The first-order valence-electron chi connectivity index (χ1n) is 5.34. The molecule has 19 heavy (non-hydrogen) atoms. The summed E-state index contributed by atoms with van der Waals surface area (Å²) in [5, 5.41) is 11.1. The summed E-state index contributed by atoms with van der Waals surface area (Å²) < 4.78 is 6.85. The molecule has 0 saturated carbocycles. The number of thioether (sulfide) groups is 1. The zero-order valence-electron chi connectivity index (χ0n) is 10.7. The number of fused-ring (bicyclic) bond motifs is 1. The first-order valence-corrected chi connectivity index (χ1v) is 6.32. The largest absolute Gasteiger partial charge is 0.481 e.